The molecule has 0 radical (unpaired) electrons. The topological polar surface area (TPSA) is 27.1 Å². The molecular weight excluding hydrogens is 356 g/mol. The number of nitrogens with zero attached hydrogens (tertiary/aromatic N) is 2. The number of aromatic nitrogens is 2. The van der Waals surface area contributed by atoms with Crippen molar-refractivity contribution < 1.29 is 4.74 Å². The summed E-state index contributed by atoms with van der Waals surface area (Å²) in [5, 5.41) is 1.26. The van der Waals surface area contributed by atoms with Crippen molar-refractivity contribution in [1.29, 1.82) is 0 Å². The summed E-state index contributed by atoms with van der Waals surface area (Å²) in [7, 11) is 0. The van der Waals surface area contributed by atoms with E-state index in [1.54, 1.807) is 0 Å². The molecule has 0 fully saturated rings. The standard InChI is InChI=1S/C23H28N2O.ClH/c1-15(2)10-12-25-19(6)18(5)20-9-11-24-21(23(20)25)14-26-22-8-7-16(3)13-17(22)4;/h7-11,13H,12,14H2,1-6H3;1H. The zero-order valence-electron chi connectivity index (χ0n) is 17.1. The summed E-state index contributed by atoms with van der Waals surface area (Å²) < 4.78 is 8.48. The predicted octanol–water partition coefficient (Wildman–Crippen LogP) is 6.24. The summed E-state index contributed by atoms with van der Waals surface area (Å²) in [4.78, 5) is 4.64. The van der Waals surface area contributed by atoms with Crippen LogP contribution in [0.1, 0.15) is 41.9 Å². The van der Waals surface area contributed by atoms with Gasteiger partial charge in [-0.2, -0.15) is 0 Å². The normalized spacial score (nSPS) is 10.6. The van der Waals surface area contributed by atoms with Crippen LogP contribution < -0.4 is 4.74 Å². The summed E-state index contributed by atoms with van der Waals surface area (Å²) in [5.74, 6) is 0.922. The van der Waals surface area contributed by atoms with E-state index in [4.69, 9.17) is 4.74 Å². The Kier molecular flexibility index (Phi) is 6.72. The molecule has 0 spiro atoms. The van der Waals surface area contributed by atoms with Gasteiger partial charge in [0.2, 0.25) is 0 Å². The second kappa shape index (κ2) is 8.62. The molecule has 0 bridgehead atoms. The maximum atomic E-state index is 6.12. The van der Waals surface area contributed by atoms with Gasteiger partial charge in [0.05, 0.1) is 5.52 Å². The third-order valence-electron chi connectivity index (χ3n) is 5.00. The van der Waals surface area contributed by atoms with Gasteiger partial charge in [0.1, 0.15) is 18.1 Å². The number of rotatable bonds is 5. The Bertz CT molecular complexity index is 982. The monoisotopic (exact) mass is 384 g/mol. The number of aryl methyl sites for hydroxylation is 3. The molecule has 3 nitrogen and oxygen atoms in total. The van der Waals surface area contributed by atoms with E-state index in [9.17, 15) is 0 Å². The molecule has 0 saturated heterocycles. The molecule has 0 aliphatic carbocycles. The molecule has 27 heavy (non-hydrogen) atoms. The van der Waals surface area contributed by atoms with E-state index in [-0.39, 0.29) is 12.4 Å². The summed E-state index contributed by atoms with van der Waals surface area (Å²) in [6.07, 6.45) is 4.15. The highest BCUT2D eigenvalue weighted by molar-refractivity contribution is 5.87. The third kappa shape index (κ3) is 4.36. The van der Waals surface area contributed by atoms with Crippen molar-refractivity contribution in [3.63, 3.8) is 0 Å². The second-order valence-electron chi connectivity index (χ2n) is 7.31. The average molecular weight is 385 g/mol. The maximum absolute atomic E-state index is 6.12. The molecule has 0 unspecified atom stereocenters. The minimum Gasteiger partial charge on any atom is -0.487 e. The Morgan fingerprint density at radius 1 is 1.11 bits per heavy atom. The Morgan fingerprint density at radius 3 is 2.52 bits per heavy atom. The van der Waals surface area contributed by atoms with Crippen LogP contribution in [0.15, 0.2) is 42.1 Å². The minimum absolute atomic E-state index is 0. The van der Waals surface area contributed by atoms with Crippen LogP contribution in [0.25, 0.3) is 10.9 Å². The number of pyridine rings is 1. The Hall–Kier alpha value is -2.26. The van der Waals surface area contributed by atoms with Gasteiger partial charge in [-0.1, -0.05) is 29.3 Å². The minimum atomic E-state index is 0. The molecule has 144 valence electrons. The van der Waals surface area contributed by atoms with Crippen molar-refractivity contribution in [2.24, 2.45) is 0 Å². The van der Waals surface area contributed by atoms with Gasteiger partial charge in [-0.05, 0) is 64.8 Å². The van der Waals surface area contributed by atoms with Gasteiger partial charge in [-0.25, -0.2) is 0 Å². The zero-order chi connectivity index (χ0) is 18.8. The summed E-state index contributed by atoms with van der Waals surface area (Å²) in [6, 6.07) is 8.39. The fourth-order valence-electron chi connectivity index (χ4n) is 3.38. The van der Waals surface area contributed by atoms with Crippen LogP contribution in [0.3, 0.4) is 0 Å². The van der Waals surface area contributed by atoms with Gasteiger partial charge >= 0.3 is 0 Å². The van der Waals surface area contributed by atoms with Crippen molar-refractivity contribution in [3.05, 3.63) is 70.2 Å². The highest BCUT2D eigenvalue weighted by atomic mass is 35.5. The van der Waals surface area contributed by atoms with Crippen molar-refractivity contribution in [2.75, 3.05) is 0 Å². The van der Waals surface area contributed by atoms with Crippen LogP contribution in [-0.2, 0) is 13.2 Å². The maximum Gasteiger partial charge on any atom is 0.132 e. The molecule has 3 rings (SSSR count). The lowest BCUT2D eigenvalue weighted by molar-refractivity contribution is 0.300. The molecular formula is C23H29ClN2O. The zero-order valence-corrected chi connectivity index (χ0v) is 17.9. The number of hydrogen-bond acceptors (Lipinski definition) is 2. The van der Waals surface area contributed by atoms with E-state index in [0.717, 1.165) is 23.6 Å². The average Bonchev–Trinajstić information content (AvgIpc) is 2.84. The quantitative estimate of drug-likeness (QED) is 0.487. The van der Waals surface area contributed by atoms with Gasteiger partial charge in [-0.3, -0.25) is 4.98 Å². The van der Waals surface area contributed by atoms with Crippen molar-refractivity contribution in [3.8, 4) is 5.75 Å². The van der Waals surface area contributed by atoms with Crippen LogP contribution in [0, 0.1) is 27.7 Å². The fourth-order valence-corrected chi connectivity index (χ4v) is 3.38. The van der Waals surface area contributed by atoms with Crippen molar-refractivity contribution in [2.45, 2.75) is 54.7 Å². The van der Waals surface area contributed by atoms with Gasteiger partial charge < -0.3 is 9.30 Å². The number of hydrogen-bond donors (Lipinski definition) is 0. The molecule has 0 N–H and O–H groups in total. The molecule has 2 heterocycles. The number of halogens is 1. The van der Waals surface area contributed by atoms with E-state index in [1.165, 1.54) is 33.3 Å². The Balaban J connectivity index is 0.00000261. The van der Waals surface area contributed by atoms with Crippen LogP contribution in [-0.4, -0.2) is 9.55 Å². The molecule has 0 aliphatic heterocycles. The largest absolute Gasteiger partial charge is 0.487 e. The van der Waals surface area contributed by atoms with Gasteiger partial charge in [-0.15, -0.1) is 12.4 Å². The summed E-state index contributed by atoms with van der Waals surface area (Å²) >= 11 is 0. The summed E-state index contributed by atoms with van der Waals surface area (Å²) in [6.45, 7) is 14.2. The number of ether oxygens (including phenoxy) is 1. The first-order valence-electron chi connectivity index (χ1n) is 9.15. The van der Waals surface area contributed by atoms with E-state index in [1.807, 2.05) is 12.3 Å². The van der Waals surface area contributed by atoms with E-state index < -0.39 is 0 Å². The molecule has 4 heteroatoms. The predicted molar refractivity (Wildman–Crippen MR) is 116 cm³/mol. The van der Waals surface area contributed by atoms with Crippen LogP contribution in [0.5, 0.6) is 5.75 Å². The Labute approximate surface area is 168 Å². The number of benzene rings is 1. The second-order valence-corrected chi connectivity index (χ2v) is 7.31. The van der Waals surface area contributed by atoms with Gasteiger partial charge in [0.25, 0.3) is 0 Å². The van der Waals surface area contributed by atoms with E-state index in [2.05, 4.69) is 75.4 Å². The van der Waals surface area contributed by atoms with E-state index >= 15 is 0 Å². The SMILES string of the molecule is CC(C)=CCn1c(C)c(C)c2ccnc(COc3ccc(C)cc3C)c21.Cl. The fraction of sp³-hybridized carbons (Fsp3) is 0.348. The number of allylic oxidation sites excluding steroid dienone is 2. The first-order valence-corrected chi connectivity index (χ1v) is 9.15. The third-order valence-corrected chi connectivity index (χ3v) is 5.00. The highest BCUT2D eigenvalue weighted by Gasteiger charge is 2.15. The lowest BCUT2D eigenvalue weighted by atomic mass is 10.1. The smallest absolute Gasteiger partial charge is 0.132 e. The summed E-state index contributed by atoms with van der Waals surface area (Å²) in [5.41, 5.74) is 8.50. The van der Waals surface area contributed by atoms with Crippen LogP contribution >= 0.6 is 12.4 Å². The van der Waals surface area contributed by atoms with E-state index in [0.29, 0.717) is 6.61 Å². The van der Waals surface area contributed by atoms with Crippen LogP contribution in [0.4, 0.5) is 0 Å². The van der Waals surface area contributed by atoms with Crippen molar-refractivity contribution >= 4 is 23.3 Å². The highest BCUT2D eigenvalue weighted by Crippen LogP contribution is 2.28. The molecule has 0 aliphatic rings. The van der Waals surface area contributed by atoms with Gasteiger partial charge in [0, 0.05) is 23.8 Å². The van der Waals surface area contributed by atoms with Crippen molar-refractivity contribution in [1.82, 2.24) is 9.55 Å². The molecule has 0 amide bonds. The Morgan fingerprint density at radius 2 is 1.85 bits per heavy atom. The number of fused-ring (bicyclic) bond motifs is 1. The molecule has 3 aromatic rings. The first-order chi connectivity index (χ1) is 12.4. The van der Waals surface area contributed by atoms with Gasteiger partial charge in [0.15, 0.2) is 0 Å². The molecule has 0 saturated carbocycles. The molecule has 1 aromatic carbocycles. The molecule has 2 aromatic heterocycles. The lowest BCUT2D eigenvalue weighted by Crippen LogP contribution is -2.05. The lowest BCUT2D eigenvalue weighted by Gasteiger charge is -2.12. The van der Waals surface area contributed by atoms with Crippen LogP contribution in [0.2, 0.25) is 0 Å². The first kappa shape index (κ1) is 21.0. The molecule has 0 atom stereocenters.